The lowest BCUT2D eigenvalue weighted by atomic mass is 10.0. The molecule has 0 heterocycles. The van der Waals surface area contributed by atoms with Gasteiger partial charge in [-0.1, -0.05) is 26.0 Å². The molecular weight excluding hydrogens is 519 g/mol. The maximum atomic E-state index is 12.2. The van der Waals surface area contributed by atoms with Crippen molar-refractivity contribution in [3.63, 3.8) is 0 Å². The Bertz CT molecular complexity index is 1360. The predicted molar refractivity (Wildman–Crippen MR) is 138 cm³/mol. The summed E-state index contributed by atoms with van der Waals surface area (Å²) in [4.78, 5) is 32.6. The number of ether oxygens (including phenoxy) is 1. The van der Waals surface area contributed by atoms with Crippen molar-refractivity contribution in [3.05, 3.63) is 77.9 Å². The first-order valence-electron chi connectivity index (χ1n) is 11.4. The number of carboxylic acids is 2. The summed E-state index contributed by atoms with van der Waals surface area (Å²) in [7, 11) is 0. The van der Waals surface area contributed by atoms with Crippen LogP contribution >= 0.6 is 0 Å². The van der Waals surface area contributed by atoms with E-state index in [1.807, 2.05) is 13.8 Å². The minimum atomic E-state index is -5.08. The number of hydrogen-bond acceptors (Lipinski definition) is 5. The van der Waals surface area contributed by atoms with Crippen LogP contribution in [0.2, 0.25) is 0 Å². The molecular formula is C27H26F3N3O6. The Labute approximate surface area is 221 Å². The fraction of sp³-hybridized carbons (Fsp3) is 0.185. The number of carboxylic acid groups (broad SMARTS) is 2. The molecule has 6 N–H and O–H groups in total. The minimum absolute atomic E-state index is 0.0378. The quantitative estimate of drug-likeness (QED) is 0.178. The molecule has 3 aromatic carbocycles. The third-order valence-corrected chi connectivity index (χ3v) is 4.91. The van der Waals surface area contributed by atoms with Gasteiger partial charge in [-0.15, -0.1) is 0 Å². The molecule has 0 saturated carbocycles. The van der Waals surface area contributed by atoms with Crippen molar-refractivity contribution in [2.24, 2.45) is 11.7 Å². The van der Waals surface area contributed by atoms with Gasteiger partial charge in [0.25, 0.3) is 0 Å². The second-order valence-corrected chi connectivity index (χ2v) is 8.59. The standard InChI is InChI=1S/C25H25N3O4.C2HF3O2/c1-15(2)12-23(29)28-19-8-11-22(32-20-9-6-16(7-10-20)24(26)27)21(14-19)17-4-3-5-18(13-17)25(30)31;3-2(4,5)1(6)7/h3-11,13-15H,12H2,1-2H3,(H3,26,27)(H,28,29)(H,30,31);(H,6,7). The lowest BCUT2D eigenvalue weighted by Crippen LogP contribution is -2.21. The van der Waals surface area contributed by atoms with Crippen LogP contribution in [0, 0.1) is 11.3 Å². The Morgan fingerprint density at radius 2 is 1.59 bits per heavy atom. The second-order valence-electron chi connectivity index (χ2n) is 8.59. The molecule has 12 heteroatoms. The zero-order valence-electron chi connectivity index (χ0n) is 20.9. The molecule has 0 spiro atoms. The van der Waals surface area contributed by atoms with E-state index in [0.29, 0.717) is 40.3 Å². The zero-order valence-corrected chi connectivity index (χ0v) is 20.9. The summed E-state index contributed by atoms with van der Waals surface area (Å²) < 4.78 is 37.8. The maximum absolute atomic E-state index is 12.2. The van der Waals surface area contributed by atoms with Crippen LogP contribution in [0.4, 0.5) is 18.9 Å². The number of halogens is 3. The van der Waals surface area contributed by atoms with E-state index in [-0.39, 0.29) is 23.2 Å². The highest BCUT2D eigenvalue weighted by Gasteiger charge is 2.38. The van der Waals surface area contributed by atoms with Gasteiger partial charge in [0, 0.05) is 23.2 Å². The van der Waals surface area contributed by atoms with Crippen LogP contribution in [-0.2, 0) is 9.59 Å². The van der Waals surface area contributed by atoms with Crippen LogP contribution < -0.4 is 15.8 Å². The average Bonchev–Trinajstić information content (AvgIpc) is 2.84. The number of benzene rings is 3. The summed E-state index contributed by atoms with van der Waals surface area (Å²) >= 11 is 0. The lowest BCUT2D eigenvalue weighted by Gasteiger charge is -2.15. The Hall–Kier alpha value is -4.87. The summed E-state index contributed by atoms with van der Waals surface area (Å²) in [6.45, 7) is 3.94. The van der Waals surface area contributed by atoms with E-state index in [9.17, 15) is 27.9 Å². The number of nitrogens with two attached hydrogens (primary N) is 1. The van der Waals surface area contributed by atoms with E-state index in [4.69, 9.17) is 25.8 Å². The number of aromatic carboxylic acids is 1. The number of nitrogen functional groups attached to an aromatic ring is 1. The van der Waals surface area contributed by atoms with Gasteiger partial charge in [0.2, 0.25) is 5.91 Å². The number of rotatable bonds is 8. The zero-order chi connectivity index (χ0) is 29.3. The molecule has 0 bridgehead atoms. The molecule has 0 aromatic heterocycles. The van der Waals surface area contributed by atoms with Crippen LogP contribution in [0.5, 0.6) is 11.5 Å². The molecule has 3 aromatic rings. The lowest BCUT2D eigenvalue weighted by molar-refractivity contribution is -0.192. The summed E-state index contributed by atoms with van der Waals surface area (Å²) in [5.41, 5.74) is 8.09. The molecule has 1 amide bonds. The molecule has 3 rings (SSSR count). The monoisotopic (exact) mass is 545 g/mol. The first kappa shape index (κ1) is 30.4. The van der Waals surface area contributed by atoms with E-state index in [0.717, 1.165) is 0 Å². The fourth-order valence-electron chi connectivity index (χ4n) is 3.15. The molecule has 0 fully saturated rings. The van der Waals surface area contributed by atoms with Crippen molar-refractivity contribution in [2.45, 2.75) is 26.4 Å². The summed E-state index contributed by atoms with van der Waals surface area (Å²) in [5.74, 6) is -2.68. The van der Waals surface area contributed by atoms with Gasteiger partial charge in [-0.3, -0.25) is 10.2 Å². The van der Waals surface area contributed by atoms with Crippen molar-refractivity contribution in [3.8, 4) is 22.6 Å². The summed E-state index contributed by atoms with van der Waals surface area (Å²) in [6.07, 6.45) is -4.69. The topological polar surface area (TPSA) is 163 Å². The van der Waals surface area contributed by atoms with Gasteiger partial charge in [-0.25, -0.2) is 9.59 Å². The van der Waals surface area contributed by atoms with Crippen molar-refractivity contribution in [1.82, 2.24) is 0 Å². The van der Waals surface area contributed by atoms with E-state index >= 15 is 0 Å². The van der Waals surface area contributed by atoms with Crippen LogP contribution in [0.3, 0.4) is 0 Å². The number of amides is 1. The van der Waals surface area contributed by atoms with Crippen LogP contribution in [-0.4, -0.2) is 40.1 Å². The van der Waals surface area contributed by atoms with Gasteiger partial charge in [0.15, 0.2) is 0 Å². The number of amidine groups is 1. The highest BCUT2D eigenvalue weighted by molar-refractivity contribution is 5.95. The largest absolute Gasteiger partial charge is 0.490 e. The Kier molecular flexibility index (Phi) is 10.2. The van der Waals surface area contributed by atoms with Crippen LogP contribution in [0.25, 0.3) is 11.1 Å². The molecule has 0 aliphatic rings. The SMILES string of the molecule is CC(C)CC(=O)Nc1ccc(Oc2ccc(C(=N)N)cc2)c(-c2cccc(C(=O)O)c2)c1.O=C(O)C(F)(F)F. The number of aliphatic carboxylic acids is 1. The molecule has 39 heavy (non-hydrogen) atoms. The number of nitrogens with one attached hydrogen (secondary N) is 2. The van der Waals surface area contributed by atoms with E-state index in [1.165, 1.54) is 6.07 Å². The number of carbonyl (C=O) groups excluding carboxylic acids is 1. The molecule has 0 radical (unpaired) electrons. The number of hydrogen-bond donors (Lipinski definition) is 5. The molecule has 0 atom stereocenters. The van der Waals surface area contributed by atoms with Gasteiger partial charge in [-0.2, -0.15) is 13.2 Å². The molecule has 0 unspecified atom stereocenters. The Morgan fingerprint density at radius 1 is 0.974 bits per heavy atom. The Morgan fingerprint density at radius 3 is 2.10 bits per heavy atom. The highest BCUT2D eigenvalue weighted by Crippen LogP contribution is 2.36. The minimum Gasteiger partial charge on any atom is -0.478 e. The van der Waals surface area contributed by atoms with E-state index in [1.54, 1.807) is 60.7 Å². The second kappa shape index (κ2) is 13.1. The van der Waals surface area contributed by atoms with Crippen molar-refractivity contribution >= 4 is 29.4 Å². The molecule has 0 saturated heterocycles. The normalized spacial score (nSPS) is 10.7. The molecule has 0 aliphatic heterocycles. The van der Waals surface area contributed by atoms with Gasteiger partial charge in [0.1, 0.15) is 17.3 Å². The van der Waals surface area contributed by atoms with Crippen LogP contribution in [0.15, 0.2) is 66.7 Å². The summed E-state index contributed by atoms with van der Waals surface area (Å²) in [6, 6.07) is 18.5. The maximum Gasteiger partial charge on any atom is 0.490 e. The average molecular weight is 546 g/mol. The van der Waals surface area contributed by atoms with Gasteiger partial charge < -0.3 is 26.0 Å². The number of alkyl halides is 3. The Balaban J connectivity index is 0.000000673. The van der Waals surface area contributed by atoms with Crippen molar-refractivity contribution in [1.29, 1.82) is 5.41 Å². The number of carbonyl (C=O) groups is 3. The highest BCUT2D eigenvalue weighted by atomic mass is 19.4. The number of anilines is 1. The molecule has 0 aliphatic carbocycles. The first-order valence-corrected chi connectivity index (χ1v) is 11.4. The third kappa shape index (κ3) is 9.50. The third-order valence-electron chi connectivity index (χ3n) is 4.91. The van der Waals surface area contributed by atoms with E-state index < -0.39 is 18.1 Å². The smallest absolute Gasteiger partial charge is 0.478 e. The molecule has 206 valence electrons. The van der Waals surface area contributed by atoms with Gasteiger partial charge in [0.05, 0.1) is 5.56 Å². The van der Waals surface area contributed by atoms with Gasteiger partial charge >= 0.3 is 18.1 Å². The van der Waals surface area contributed by atoms with Gasteiger partial charge in [-0.05, 0) is 66.1 Å². The predicted octanol–water partition coefficient (Wildman–Crippen LogP) is 5.75. The van der Waals surface area contributed by atoms with Crippen molar-refractivity contribution < 1.29 is 42.5 Å². The molecule has 9 nitrogen and oxygen atoms in total. The van der Waals surface area contributed by atoms with Crippen LogP contribution in [0.1, 0.15) is 36.2 Å². The first-order chi connectivity index (χ1) is 18.2. The summed E-state index contributed by atoms with van der Waals surface area (Å²) in [5, 5.41) is 26.9. The van der Waals surface area contributed by atoms with Crippen molar-refractivity contribution in [2.75, 3.05) is 5.32 Å². The fourth-order valence-corrected chi connectivity index (χ4v) is 3.15. The van der Waals surface area contributed by atoms with E-state index in [2.05, 4.69) is 5.32 Å².